The predicted octanol–water partition coefficient (Wildman–Crippen LogP) is 1.46. The first-order chi connectivity index (χ1) is 11.5. The lowest BCUT2D eigenvalue weighted by atomic mass is 10.2. The van der Waals surface area contributed by atoms with E-state index in [9.17, 15) is 14.9 Å². The molecule has 0 bridgehead atoms. The van der Waals surface area contributed by atoms with Gasteiger partial charge in [-0.1, -0.05) is 0 Å². The molecule has 0 radical (unpaired) electrons. The van der Waals surface area contributed by atoms with Crippen molar-refractivity contribution in [1.29, 1.82) is 5.26 Å². The maximum atomic E-state index is 12.5. The van der Waals surface area contributed by atoms with E-state index in [1.54, 1.807) is 24.3 Å². The maximum Gasteiger partial charge on any atom is 0.277 e. The van der Waals surface area contributed by atoms with Crippen molar-refractivity contribution in [3.63, 3.8) is 0 Å². The topological polar surface area (TPSA) is 125 Å². The van der Waals surface area contributed by atoms with Crippen molar-refractivity contribution in [2.45, 2.75) is 6.92 Å². The molecule has 0 fully saturated rings. The molecule has 2 rings (SSSR count). The van der Waals surface area contributed by atoms with E-state index in [0.29, 0.717) is 11.4 Å². The number of rotatable bonds is 4. The summed E-state index contributed by atoms with van der Waals surface area (Å²) in [4.78, 5) is 33.1. The quantitative estimate of drug-likeness (QED) is 0.496. The van der Waals surface area contributed by atoms with Crippen molar-refractivity contribution in [3.8, 4) is 6.07 Å². The van der Waals surface area contributed by atoms with E-state index in [2.05, 4.69) is 15.3 Å². The average molecular weight is 322 g/mol. The number of nitrogens with zero attached hydrogens (tertiary/aromatic N) is 4. The van der Waals surface area contributed by atoms with Crippen LogP contribution >= 0.6 is 0 Å². The summed E-state index contributed by atoms with van der Waals surface area (Å²) >= 11 is 0. The van der Waals surface area contributed by atoms with Crippen LogP contribution in [0.5, 0.6) is 0 Å². The van der Waals surface area contributed by atoms with Crippen LogP contribution in [0.15, 0.2) is 54.5 Å². The first kappa shape index (κ1) is 16.6. The van der Waals surface area contributed by atoms with Crippen LogP contribution in [0.25, 0.3) is 0 Å². The Morgan fingerprint density at radius 2 is 1.88 bits per heavy atom. The highest BCUT2D eigenvalue weighted by Crippen LogP contribution is 2.19. The van der Waals surface area contributed by atoms with Crippen LogP contribution in [-0.2, 0) is 9.59 Å². The summed E-state index contributed by atoms with van der Waals surface area (Å²) in [7, 11) is 0. The second-order valence-electron chi connectivity index (χ2n) is 4.64. The van der Waals surface area contributed by atoms with Gasteiger partial charge in [0.1, 0.15) is 11.6 Å². The van der Waals surface area contributed by atoms with E-state index < -0.39 is 11.8 Å². The minimum Gasteiger partial charge on any atom is -0.399 e. The number of anilines is 3. The summed E-state index contributed by atoms with van der Waals surface area (Å²) in [6.07, 6.45) is 4.17. The van der Waals surface area contributed by atoms with Crippen LogP contribution in [0.4, 0.5) is 17.3 Å². The van der Waals surface area contributed by atoms with Gasteiger partial charge in [-0.05, 0) is 30.3 Å². The van der Waals surface area contributed by atoms with E-state index >= 15 is 0 Å². The van der Waals surface area contributed by atoms with Crippen LogP contribution in [0.3, 0.4) is 0 Å². The number of carbonyl (C=O) groups excluding carboxylic acids is 2. The number of amides is 2. The van der Waals surface area contributed by atoms with Crippen LogP contribution in [0.1, 0.15) is 6.92 Å². The maximum absolute atomic E-state index is 12.5. The zero-order chi connectivity index (χ0) is 17.5. The molecule has 2 aromatic rings. The van der Waals surface area contributed by atoms with Gasteiger partial charge in [0.15, 0.2) is 0 Å². The molecule has 2 amide bonds. The molecular formula is C16H14N6O2. The Morgan fingerprint density at radius 3 is 2.42 bits per heavy atom. The fourth-order valence-corrected chi connectivity index (χ4v) is 1.84. The smallest absolute Gasteiger partial charge is 0.277 e. The number of nitrogens with two attached hydrogens (primary N) is 1. The lowest BCUT2D eigenvalue weighted by Crippen LogP contribution is -2.36. The number of nitrogen functional groups attached to an aromatic ring is 1. The molecule has 0 unspecified atom stereocenters. The summed E-state index contributed by atoms with van der Waals surface area (Å²) in [5, 5.41) is 11.9. The van der Waals surface area contributed by atoms with Crippen LogP contribution in [0.2, 0.25) is 0 Å². The van der Waals surface area contributed by atoms with Gasteiger partial charge in [0.2, 0.25) is 11.9 Å². The molecule has 1 heterocycles. The van der Waals surface area contributed by atoms with Crippen LogP contribution < -0.4 is 16.0 Å². The molecule has 8 nitrogen and oxygen atoms in total. The minimum atomic E-state index is -0.766. The fraction of sp³-hybridized carbons (Fsp3) is 0.0625. The molecule has 0 saturated carbocycles. The summed E-state index contributed by atoms with van der Waals surface area (Å²) in [6, 6.07) is 9.56. The number of aromatic nitrogens is 2. The zero-order valence-electron chi connectivity index (χ0n) is 12.8. The summed E-state index contributed by atoms with van der Waals surface area (Å²) < 4.78 is 0. The van der Waals surface area contributed by atoms with Crippen molar-refractivity contribution in [2.24, 2.45) is 0 Å². The fourth-order valence-electron chi connectivity index (χ4n) is 1.84. The second-order valence-corrected chi connectivity index (χ2v) is 4.64. The monoisotopic (exact) mass is 322 g/mol. The summed E-state index contributed by atoms with van der Waals surface area (Å²) in [6.45, 7) is 1.23. The summed E-state index contributed by atoms with van der Waals surface area (Å²) in [5.41, 5.74) is 6.14. The van der Waals surface area contributed by atoms with Gasteiger partial charge in [-0.15, -0.1) is 0 Å². The molecule has 0 aliphatic carbocycles. The largest absolute Gasteiger partial charge is 0.399 e. The van der Waals surface area contributed by atoms with E-state index in [0.717, 1.165) is 11.1 Å². The van der Waals surface area contributed by atoms with E-state index in [1.807, 2.05) is 0 Å². The molecule has 3 N–H and O–H groups in total. The van der Waals surface area contributed by atoms with Gasteiger partial charge in [-0.3, -0.25) is 9.59 Å². The van der Waals surface area contributed by atoms with Gasteiger partial charge in [0, 0.05) is 31.2 Å². The van der Waals surface area contributed by atoms with Crippen molar-refractivity contribution in [2.75, 3.05) is 16.0 Å². The standard InChI is InChI=1S/C16H14N6O2/c1-11(23)22(14-5-3-13(18)4-6-14)15(24)12(9-17)10-21-16-19-7-2-8-20-16/h2-8,10H,18H2,1H3,(H,19,20,21)/b12-10-. The van der Waals surface area contributed by atoms with Gasteiger partial charge in [-0.2, -0.15) is 5.26 Å². The number of carbonyl (C=O) groups is 2. The van der Waals surface area contributed by atoms with Crippen LogP contribution in [0, 0.1) is 11.3 Å². The Labute approximate surface area is 138 Å². The van der Waals surface area contributed by atoms with Gasteiger partial charge in [0.25, 0.3) is 5.91 Å². The molecule has 0 aliphatic rings. The molecule has 8 heteroatoms. The molecular weight excluding hydrogens is 308 g/mol. The lowest BCUT2D eigenvalue weighted by molar-refractivity contribution is -0.123. The molecule has 0 saturated heterocycles. The highest BCUT2D eigenvalue weighted by atomic mass is 16.2. The van der Waals surface area contributed by atoms with Gasteiger partial charge >= 0.3 is 0 Å². The van der Waals surface area contributed by atoms with Crippen LogP contribution in [-0.4, -0.2) is 21.8 Å². The Morgan fingerprint density at radius 1 is 1.25 bits per heavy atom. The van der Waals surface area contributed by atoms with Crippen molar-refractivity contribution >= 4 is 29.1 Å². The highest BCUT2D eigenvalue weighted by Gasteiger charge is 2.23. The SMILES string of the molecule is CC(=O)N(C(=O)/C(C#N)=C\Nc1ncccn1)c1ccc(N)cc1. The third kappa shape index (κ3) is 3.92. The normalized spacial score (nSPS) is 10.6. The van der Waals surface area contributed by atoms with Crippen molar-refractivity contribution in [1.82, 2.24) is 9.97 Å². The van der Waals surface area contributed by atoms with Gasteiger partial charge < -0.3 is 11.1 Å². The first-order valence-corrected chi connectivity index (χ1v) is 6.87. The Balaban J connectivity index is 2.28. The molecule has 0 spiro atoms. The van der Waals surface area contributed by atoms with E-state index in [4.69, 9.17) is 5.73 Å². The Bertz CT molecular complexity index is 809. The molecule has 1 aromatic heterocycles. The number of hydrogen-bond acceptors (Lipinski definition) is 7. The first-order valence-electron chi connectivity index (χ1n) is 6.87. The third-order valence-electron chi connectivity index (χ3n) is 2.93. The number of hydrogen-bond donors (Lipinski definition) is 2. The van der Waals surface area contributed by atoms with Crippen molar-refractivity contribution < 1.29 is 9.59 Å². The second kappa shape index (κ2) is 7.51. The molecule has 0 aliphatic heterocycles. The third-order valence-corrected chi connectivity index (χ3v) is 2.93. The number of nitrogens with one attached hydrogen (secondary N) is 1. The van der Waals surface area contributed by atoms with Gasteiger partial charge in [0.05, 0.1) is 5.69 Å². The lowest BCUT2D eigenvalue weighted by Gasteiger charge is -2.18. The minimum absolute atomic E-state index is 0.222. The molecule has 0 atom stereocenters. The number of imide groups is 1. The highest BCUT2D eigenvalue weighted by molar-refractivity contribution is 6.21. The zero-order valence-corrected chi connectivity index (χ0v) is 12.8. The Kier molecular flexibility index (Phi) is 5.20. The average Bonchev–Trinajstić information content (AvgIpc) is 2.58. The van der Waals surface area contributed by atoms with E-state index in [-0.39, 0.29) is 11.5 Å². The Hall–Kier alpha value is -3.73. The molecule has 24 heavy (non-hydrogen) atoms. The van der Waals surface area contributed by atoms with E-state index in [1.165, 1.54) is 31.5 Å². The molecule has 1 aromatic carbocycles. The number of nitriles is 1. The number of benzene rings is 1. The predicted molar refractivity (Wildman–Crippen MR) is 88.4 cm³/mol. The van der Waals surface area contributed by atoms with Gasteiger partial charge in [-0.25, -0.2) is 14.9 Å². The summed E-state index contributed by atoms with van der Waals surface area (Å²) in [5.74, 6) is -1.07. The van der Waals surface area contributed by atoms with Crippen molar-refractivity contribution in [3.05, 3.63) is 54.5 Å². The molecule has 120 valence electrons.